The van der Waals surface area contributed by atoms with Crippen LogP contribution in [-0.2, 0) is 9.59 Å². The Morgan fingerprint density at radius 2 is 2.10 bits per heavy atom. The van der Waals surface area contributed by atoms with Crippen LogP contribution in [0, 0.1) is 5.92 Å². The smallest absolute Gasteiger partial charge is 0.228 e. The third-order valence-electron chi connectivity index (χ3n) is 4.34. The van der Waals surface area contributed by atoms with Crippen molar-refractivity contribution in [2.75, 3.05) is 31.6 Å². The Labute approximate surface area is 133 Å². The lowest BCUT2D eigenvalue weighted by molar-refractivity contribution is -0.146. The van der Waals surface area contributed by atoms with E-state index in [-0.39, 0.29) is 23.8 Å². The molecule has 2 atom stereocenters. The molecule has 4 nitrogen and oxygen atoms in total. The number of piperidine rings is 1. The molecular weight excluding hydrogens is 304 g/mol. The Hall–Kier alpha value is -1.01. The number of likely N-dealkylation sites (tertiary alicyclic amines) is 1. The quantitative estimate of drug-likeness (QED) is 0.838. The van der Waals surface area contributed by atoms with Gasteiger partial charge in [-0.15, -0.1) is 11.3 Å². The van der Waals surface area contributed by atoms with E-state index >= 15 is 0 Å². The average Bonchev–Trinajstić information content (AvgIpc) is 3.04. The molecule has 0 spiro atoms. The Kier molecular flexibility index (Phi) is 4.54. The molecule has 0 bridgehead atoms. The minimum Gasteiger partial charge on any atom is -0.341 e. The molecule has 114 valence electrons. The van der Waals surface area contributed by atoms with Crippen LogP contribution in [0.5, 0.6) is 0 Å². The summed E-state index contributed by atoms with van der Waals surface area (Å²) in [6, 6.07) is 3.94. The summed E-state index contributed by atoms with van der Waals surface area (Å²) >= 11 is 3.54. The molecule has 0 aliphatic carbocycles. The Bertz CT molecular complexity index is 512. The molecule has 0 aromatic carbocycles. The van der Waals surface area contributed by atoms with Crippen molar-refractivity contribution >= 4 is 34.9 Å². The maximum Gasteiger partial charge on any atom is 0.228 e. The number of amides is 2. The van der Waals surface area contributed by atoms with Crippen molar-refractivity contribution in [1.29, 1.82) is 0 Å². The van der Waals surface area contributed by atoms with Gasteiger partial charge in [-0.1, -0.05) is 6.07 Å². The fourth-order valence-electron chi connectivity index (χ4n) is 3.16. The number of rotatable bonds is 2. The van der Waals surface area contributed by atoms with Gasteiger partial charge in [0.05, 0.1) is 12.0 Å². The van der Waals surface area contributed by atoms with Gasteiger partial charge in [-0.25, -0.2) is 0 Å². The van der Waals surface area contributed by atoms with Crippen LogP contribution in [0.25, 0.3) is 0 Å². The van der Waals surface area contributed by atoms with Crippen molar-refractivity contribution in [1.82, 2.24) is 9.80 Å². The first kappa shape index (κ1) is 14.9. The standard InChI is InChI=1S/C15H20N2O2S2/c1-16-13(18)5-4-11(14(16)12-3-2-8-21-12)15(19)17-6-9-20-10-7-17/h2-3,8,11,14H,4-7,9-10H2,1H3/t11-,14+/m1/s1. The lowest BCUT2D eigenvalue weighted by atomic mass is 9.86. The zero-order valence-electron chi connectivity index (χ0n) is 12.2. The molecule has 0 unspecified atom stereocenters. The van der Waals surface area contributed by atoms with Crippen molar-refractivity contribution < 1.29 is 9.59 Å². The maximum atomic E-state index is 12.9. The van der Waals surface area contributed by atoms with Gasteiger partial charge >= 0.3 is 0 Å². The van der Waals surface area contributed by atoms with E-state index in [4.69, 9.17) is 0 Å². The van der Waals surface area contributed by atoms with E-state index in [0.717, 1.165) is 29.5 Å². The van der Waals surface area contributed by atoms with Gasteiger partial charge < -0.3 is 9.80 Å². The lowest BCUT2D eigenvalue weighted by Crippen LogP contribution is -2.49. The molecule has 1 aromatic rings. The van der Waals surface area contributed by atoms with E-state index in [1.807, 2.05) is 41.2 Å². The van der Waals surface area contributed by atoms with Crippen LogP contribution in [-0.4, -0.2) is 53.3 Å². The second kappa shape index (κ2) is 6.40. The SMILES string of the molecule is CN1C(=O)CC[C@@H](C(=O)N2CCSCC2)[C@H]1c1cccs1. The van der Waals surface area contributed by atoms with Gasteiger partial charge in [0.1, 0.15) is 0 Å². The van der Waals surface area contributed by atoms with E-state index in [1.165, 1.54) is 0 Å². The highest BCUT2D eigenvalue weighted by molar-refractivity contribution is 7.99. The molecule has 2 aliphatic heterocycles. The maximum absolute atomic E-state index is 12.9. The number of thioether (sulfide) groups is 1. The zero-order chi connectivity index (χ0) is 14.8. The molecule has 6 heteroatoms. The van der Waals surface area contributed by atoms with Gasteiger partial charge in [0.15, 0.2) is 0 Å². The van der Waals surface area contributed by atoms with Gasteiger partial charge in [-0.05, 0) is 17.9 Å². The largest absolute Gasteiger partial charge is 0.341 e. The van der Waals surface area contributed by atoms with E-state index in [9.17, 15) is 9.59 Å². The summed E-state index contributed by atoms with van der Waals surface area (Å²) in [6.45, 7) is 1.68. The molecule has 2 fully saturated rings. The second-order valence-electron chi connectivity index (χ2n) is 5.55. The Morgan fingerprint density at radius 1 is 1.33 bits per heavy atom. The fourth-order valence-corrected chi connectivity index (χ4v) is 5.00. The van der Waals surface area contributed by atoms with Crippen LogP contribution in [0.1, 0.15) is 23.8 Å². The zero-order valence-corrected chi connectivity index (χ0v) is 13.8. The molecule has 2 amide bonds. The van der Waals surface area contributed by atoms with Crippen molar-refractivity contribution in [2.45, 2.75) is 18.9 Å². The number of nitrogens with zero attached hydrogens (tertiary/aromatic N) is 2. The summed E-state index contributed by atoms with van der Waals surface area (Å²) in [6.07, 6.45) is 1.16. The third-order valence-corrected chi connectivity index (χ3v) is 6.22. The second-order valence-corrected chi connectivity index (χ2v) is 7.75. The molecule has 2 saturated heterocycles. The van der Waals surface area contributed by atoms with Crippen LogP contribution in [0.15, 0.2) is 17.5 Å². The third kappa shape index (κ3) is 2.97. The monoisotopic (exact) mass is 324 g/mol. The summed E-state index contributed by atoms with van der Waals surface area (Å²) in [5, 5.41) is 2.02. The first-order valence-electron chi connectivity index (χ1n) is 7.34. The highest BCUT2D eigenvalue weighted by atomic mass is 32.2. The predicted molar refractivity (Wildman–Crippen MR) is 86.5 cm³/mol. The fraction of sp³-hybridized carbons (Fsp3) is 0.600. The number of hydrogen-bond acceptors (Lipinski definition) is 4. The Balaban J connectivity index is 1.84. The Morgan fingerprint density at radius 3 is 2.76 bits per heavy atom. The van der Waals surface area contributed by atoms with Crippen LogP contribution in [0.3, 0.4) is 0 Å². The summed E-state index contributed by atoms with van der Waals surface area (Å²) in [7, 11) is 1.83. The van der Waals surface area contributed by atoms with Crippen LogP contribution < -0.4 is 0 Å². The number of carbonyl (C=O) groups is 2. The topological polar surface area (TPSA) is 40.6 Å². The van der Waals surface area contributed by atoms with Crippen molar-refractivity contribution in [2.24, 2.45) is 5.92 Å². The normalized spacial score (nSPS) is 27.0. The molecule has 3 rings (SSSR count). The van der Waals surface area contributed by atoms with Gasteiger partial charge in [0.25, 0.3) is 0 Å². The van der Waals surface area contributed by atoms with Gasteiger partial charge in [0, 0.05) is 42.9 Å². The number of thiophene rings is 1. The molecule has 0 N–H and O–H groups in total. The average molecular weight is 324 g/mol. The van der Waals surface area contributed by atoms with E-state index in [2.05, 4.69) is 0 Å². The predicted octanol–water partition coefficient (Wildman–Crippen LogP) is 2.23. The lowest BCUT2D eigenvalue weighted by Gasteiger charge is -2.40. The summed E-state index contributed by atoms with van der Waals surface area (Å²) in [5.74, 6) is 2.34. The number of hydrogen-bond donors (Lipinski definition) is 0. The summed E-state index contributed by atoms with van der Waals surface area (Å²) in [5.41, 5.74) is 0. The molecule has 0 radical (unpaired) electrons. The molecule has 21 heavy (non-hydrogen) atoms. The van der Waals surface area contributed by atoms with Crippen molar-refractivity contribution in [3.63, 3.8) is 0 Å². The van der Waals surface area contributed by atoms with Gasteiger partial charge in [-0.2, -0.15) is 11.8 Å². The van der Waals surface area contributed by atoms with Crippen LogP contribution in [0.4, 0.5) is 0 Å². The van der Waals surface area contributed by atoms with E-state index in [1.54, 1.807) is 16.2 Å². The van der Waals surface area contributed by atoms with Gasteiger partial charge in [0.2, 0.25) is 11.8 Å². The van der Waals surface area contributed by atoms with Crippen LogP contribution in [0.2, 0.25) is 0 Å². The summed E-state index contributed by atoms with van der Waals surface area (Å²) in [4.78, 5) is 29.8. The van der Waals surface area contributed by atoms with E-state index in [0.29, 0.717) is 12.8 Å². The molecule has 1 aromatic heterocycles. The van der Waals surface area contributed by atoms with Gasteiger partial charge in [-0.3, -0.25) is 9.59 Å². The number of carbonyl (C=O) groups excluding carboxylic acids is 2. The molecule has 0 saturated carbocycles. The minimum absolute atomic E-state index is 0.0885. The van der Waals surface area contributed by atoms with E-state index < -0.39 is 0 Å². The van der Waals surface area contributed by atoms with Crippen molar-refractivity contribution in [3.05, 3.63) is 22.4 Å². The van der Waals surface area contributed by atoms with Crippen molar-refractivity contribution in [3.8, 4) is 0 Å². The minimum atomic E-state index is -0.0895. The highest BCUT2D eigenvalue weighted by Crippen LogP contribution is 2.39. The first-order chi connectivity index (χ1) is 10.2. The molecule has 3 heterocycles. The molecular formula is C15H20N2O2S2. The first-order valence-corrected chi connectivity index (χ1v) is 9.37. The molecule has 2 aliphatic rings. The highest BCUT2D eigenvalue weighted by Gasteiger charge is 2.41. The summed E-state index contributed by atoms with van der Waals surface area (Å²) < 4.78 is 0. The van der Waals surface area contributed by atoms with Crippen LogP contribution >= 0.6 is 23.1 Å².